The summed E-state index contributed by atoms with van der Waals surface area (Å²) in [7, 11) is 0. The monoisotopic (exact) mass is 256 g/mol. The van der Waals surface area contributed by atoms with E-state index in [0.717, 1.165) is 13.1 Å². The smallest absolute Gasteiger partial charge is 0.321 e. The number of quaternary nitrogens is 1. The fraction of sp³-hybridized carbons (Fsp3) is 0.846. The van der Waals surface area contributed by atoms with Crippen LogP contribution in [-0.2, 0) is 4.79 Å². The molecule has 1 fully saturated rings. The van der Waals surface area contributed by atoms with Crippen LogP contribution in [0.2, 0.25) is 0 Å². The van der Waals surface area contributed by atoms with E-state index in [4.69, 9.17) is 0 Å². The highest BCUT2D eigenvalue weighted by Gasteiger charge is 2.26. The molecule has 0 unspecified atom stereocenters. The van der Waals surface area contributed by atoms with Crippen molar-refractivity contribution in [2.75, 3.05) is 13.1 Å². The van der Waals surface area contributed by atoms with Gasteiger partial charge in [-0.25, -0.2) is 4.79 Å². The van der Waals surface area contributed by atoms with E-state index in [1.165, 1.54) is 30.6 Å². The lowest BCUT2D eigenvalue weighted by molar-refractivity contribution is -0.913. The molecule has 104 valence electrons. The first-order valence-electron chi connectivity index (χ1n) is 6.96. The number of urea groups is 1. The average Bonchev–Trinajstić information content (AvgIpc) is 2.55. The third kappa shape index (κ3) is 5.04. The number of rotatable bonds is 3. The van der Waals surface area contributed by atoms with Crippen molar-refractivity contribution in [3.8, 4) is 0 Å². The molecule has 0 saturated carbocycles. The second-order valence-electron chi connectivity index (χ2n) is 5.41. The van der Waals surface area contributed by atoms with Gasteiger partial charge < -0.3 is 10.2 Å². The van der Waals surface area contributed by atoms with Crippen LogP contribution in [0.4, 0.5) is 4.79 Å². The van der Waals surface area contributed by atoms with Crippen LogP contribution in [-0.4, -0.2) is 37.1 Å². The second kappa shape index (κ2) is 7.36. The average molecular weight is 256 g/mol. The van der Waals surface area contributed by atoms with Gasteiger partial charge in [0.2, 0.25) is 0 Å². The molecule has 0 aliphatic carbocycles. The minimum Gasteiger partial charge on any atom is -0.336 e. The molecule has 5 nitrogen and oxygen atoms in total. The first-order valence-corrected chi connectivity index (χ1v) is 6.96. The molecule has 3 amide bonds. The van der Waals surface area contributed by atoms with E-state index in [1.807, 2.05) is 20.8 Å². The van der Waals surface area contributed by atoms with Gasteiger partial charge in [-0.1, -0.05) is 0 Å². The molecule has 0 aromatic heterocycles. The summed E-state index contributed by atoms with van der Waals surface area (Å²) < 4.78 is 0. The van der Waals surface area contributed by atoms with E-state index in [9.17, 15) is 9.59 Å². The Labute approximate surface area is 109 Å². The first kappa shape index (κ1) is 15.0. The standard InChI is InChI=1S/C13H25N3O2/c1-10(2)14-13(18)15-12(17)11(3)16-8-6-4-5-7-9-16/h10-11H,4-9H2,1-3H3,(H2,14,15,17,18)/p+1/t11-/m0/s1. The summed E-state index contributed by atoms with van der Waals surface area (Å²) in [5.41, 5.74) is 0. The van der Waals surface area contributed by atoms with Gasteiger partial charge in [-0.05, 0) is 46.5 Å². The molecule has 1 aliphatic heterocycles. The molecule has 3 N–H and O–H groups in total. The number of hydrogen-bond acceptors (Lipinski definition) is 2. The Hall–Kier alpha value is -1.10. The maximum Gasteiger partial charge on any atom is 0.321 e. The van der Waals surface area contributed by atoms with Crippen molar-refractivity contribution in [2.45, 2.75) is 58.5 Å². The summed E-state index contributed by atoms with van der Waals surface area (Å²) in [5.74, 6) is -0.176. The summed E-state index contributed by atoms with van der Waals surface area (Å²) in [4.78, 5) is 24.7. The minimum atomic E-state index is -0.393. The molecule has 0 aromatic rings. The van der Waals surface area contributed by atoms with E-state index in [0.29, 0.717) is 0 Å². The second-order valence-corrected chi connectivity index (χ2v) is 5.41. The van der Waals surface area contributed by atoms with Crippen LogP contribution in [0.5, 0.6) is 0 Å². The lowest BCUT2D eigenvalue weighted by Crippen LogP contribution is -3.16. The van der Waals surface area contributed by atoms with Gasteiger partial charge in [0.15, 0.2) is 6.04 Å². The van der Waals surface area contributed by atoms with Crippen molar-refractivity contribution in [3.63, 3.8) is 0 Å². The van der Waals surface area contributed by atoms with Crippen molar-refractivity contribution in [3.05, 3.63) is 0 Å². The van der Waals surface area contributed by atoms with Crippen molar-refractivity contribution < 1.29 is 14.5 Å². The molecule has 1 rings (SSSR count). The third-order valence-corrected chi connectivity index (χ3v) is 3.41. The van der Waals surface area contributed by atoms with Crippen LogP contribution in [0.25, 0.3) is 0 Å². The van der Waals surface area contributed by atoms with Crippen LogP contribution < -0.4 is 15.5 Å². The predicted octanol–water partition coefficient (Wildman–Crippen LogP) is 0.0680. The highest BCUT2D eigenvalue weighted by atomic mass is 16.2. The highest BCUT2D eigenvalue weighted by Crippen LogP contribution is 2.00. The SMILES string of the molecule is CC(C)NC(=O)NC(=O)[C@H](C)[NH+]1CCCCCC1. The Morgan fingerprint density at radius 2 is 1.56 bits per heavy atom. The van der Waals surface area contributed by atoms with Crippen LogP contribution in [0.15, 0.2) is 0 Å². The largest absolute Gasteiger partial charge is 0.336 e. The maximum atomic E-state index is 12.0. The van der Waals surface area contributed by atoms with Crippen molar-refractivity contribution in [2.24, 2.45) is 0 Å². The maximum absolute atomic E-state index is 12.0. The van der Waals surface area contributed by atoms with Crippen LogP contribution in [0, 0.1) is 0 Å². The molecule has 1 heterocycles. The molecule has 0 aromatic carbocycles. The molecular weight excluding hydrogens is 230 g/mol. The molecule has 5 heteroatoms. The summed E-state index contributed by atoms with van der Waals surface area (Å²) in [6.45, 7) is 7.69. The zero-order valence-electron chi connectivity index (χ0n) is 11.7. The lowest BCUT2D eigenvalue weighted by atomic mass is 10.2. The van der Waals surface area contributed by atoms with Crippen LogP contribution in [0.1, 0.15) is 46.5 Å². The Kier molecular flexibility index (Phi) is 6.12. The molecule has 0 spiro atoms. The zero-order valence-corrected chi connectivity index (χ0v) is 11.7. The van der Waals surface area contributed by atoms with Gasteiger partial charge in [0.25, 0.3) is 5.91 Å². The normalized spacial score (nSPS) is 19.1. The summed E-state index contributed by atoms with van der Waals surface area (Å²) in [5, 5.41) is 5.08. The number of hydrogen-bond donors (Lipinski definition) is 3. The number of likely N-dealkylation sites (tertiary alicyclic amines) is 1. The summed E-state index contributed by atoms with van der Waals surface area (Å²) in [6.07, 6.45) is 4.85. The topological polar surface area (TPSA) is 62.6 Å². The Morgan fingerprint density at radius 1 is 1.00 bits per heavy atom. The van der Waals surface area contributed by atoms with E-state index < -0.39 is 6.03 Å². The first-order chi connectivity index (χ1) is 8.50. The number of amides is 3. The van der Waals surface area contributed by atoms with Gasteiger partial charge in [0.05, 0.1) is 13.1 Å². The number of carbonyl (C=O) groups excluding carboxylic acids is 2. The summed E-state index contributed by atoms with van der Waals surface area (Å²) >= 11 is 0. The Balaban J connectivity index is 2.42. The van der Waals surface area contributed by atoms with Crippen LogP contribution in [0.3, 0.4) is 0 Å². The Bertz CT molecular complexity index is 284. The van der Waals surface area contributed by atoms with Crippen molar-refractivity contribution >= 4 is 11.9 Å². The Morgan fingerprint density at radius 3 is 2.06 bits per heavy atom. The van der Waals surface area contributed by atoms with Gasteiger partial charge in [-0.3, -0.25) is 10.1 Å². The van der Waals surface area contributed by atoms with E-state index in [2.05, 4.69) is 10.6 Å². The number of carbonyl (C=O) groups is 2. The van der Waals surface area contributed by atoms with E-state index in [1.54, 1.807) is 0 Å². The van der Waals surface area contributed by atoms with E-state index in [-0.39, 0.29) is 18.0 Å². The molecular formula is C13H26N3O2+. The fourth-order valence-corrected chi connectivity index (χ4v) is 2.32. The van der Waals surface area contributed by atoms with Crippen molar-refractivity contribution in [1.82, 2.24) is 10.6 Å². The zero-order chi connectivity index (χ0) is 13.5. The molecule has 0 bridgehead atoms. The predicted molar refractivity (Wildman–Crippen MR) is 70.4 cm³/mol. The molecule has 1 saturated heterocycles. The minimum absolute atomic E-state index is 0.0404. The quantitative estimate of drug-likeness (QED) is 0.669. The molecule has 18 heavy (non-hydrogen) atoms. The van der Waals surface area contributed by atoms with Gasteiger partial charge in [-0.2, -0.15) is 0 Å². The molecule has 0 radical (unpaired) electrons. The summed E-state index contributed by atoms with van der Waals surface area (Å²) in [6, 6.07) is -0.504. The lowest BCUT2D eigenvalue weighted by Gasteiger charge is -2.23. The number of nitrogens with one attached hydrogen (secondary N) is 3. The van der Waals surface area contributed by atoms with Gasteiger partial charge in [0, 0.05) is 6.04 Å². The molecule has 1 atom stereocenters. The third-order valence-electron chi connectivity index (χ3n) is 3.41. The van der Waals surface area contributed by atoms with Crippen molar-refractivity contribution in [1.29, 1.82) is 0 Å². The van der Waals surface area contributed by atoms with Gasteiger partial charge in [-0.15, -0.1) is 0 Å². The molecule has 1 aliphatic rings. The number of imide groups is 1. The highest BCUT2D eigenvalue weighted by molar-refractivity contribution is 5.96. The van der Waals surface area contributed by atoms with E-state index >= 15 is 0 Å². The fourth-order valence-electron chi connectivity index (χ4n) is 2.32. The van der Waals surface area contributed by atoms with Gasteiger partial charge in [0.1, 0.15) is 0 Å². The van der Waals surface area contributed by atoms with Gasteiger partial charge >= 0.3 is 6.03 Å². The van der Waals surface area contributed by atoms with Crippen LogP contribution >= 0.6 is 0 Å².